The molecule has 0 spiro atoms. The Hall–Kier alpha value is -0.960. The van der Waals surface area contributed by atoms with Crippen molar-refractivity contribution in [3.63, 3.8) is 0 Å². The van der Waals surface area contributed by atoms with Crippen LogP contribution in [0.5, 0.6) is 0 Å². The Morgan fingerprint density at radius 2 is 2.09 bits per heavy atom. The Balaban J connectivity index is 3.97. The average molecular weight is 169 g/mol. The Morgan fingerprint density at radius 3 is 2.45 bits per heavy atom. The minimum absolute atomic E-state index is 0.182. The van der Waals surface area contributed by atoms with Crippen molar-refractivity contribution >= 4 is 17.7 Å². The van der Waals surface area contributed by atoms with E-state index in [0.717, 1.165) is 4.91 Å². The fourth-order valence-electron chi connectivity index (χ4n) is 0.386. The van der Waals surface area contributed by atoms with Crippen LogP contribution in [0.4, 0.5) is 0 Å². The second-order valence-electron chi connectivity index (χ2n) is 1.77. The molecule has 3 heteroatoms. The van der Waals surface area contributed by atoms with E-state index >= 15 is 0 Å². The molecule has 0 atom stereocenters. The van der Waals surface area contributed by atoms with Crippen LogP contribution in [0, 0.1) is 0 Å². The van der Waals surface area contributed by atoms with Crippen LogP contribution in [0.2, 0.25) is 0 Å². The predicted octanol–water partition coefficient (Wildman–Crippen LogP) is 1.68. The molecule has 1 amide bonds. The molecule has 0 saturated heterocycles. The van der Waals surface area contributed by atoms with Crippen LogP contribution in [0.1, 0.15) is 0 Å². The van der Waals surface area contributed by atoms with Crippen LogP contribution in [0.3, 0.4) is 0 Å². The third-order valence-electron chi connectivity index (χ3n) is 0.962. The summed E-state index contributed by atoms with van der Waals surface area (Å²) in [5.41, 5.74) is 0. The van der Waals surface area contributed by atoms with Crippen LogP contribution in [0.15, 0.2) is 35.6 Å². The summed E-state index contributed by atoms with van der Waals surface area (Å²) in [5, 5.41) is 2.46. The van der Waals surface area contributed by atoms with E-state index in [1.807, 2.05) is 0 Å². The highest BCUT2D eigenvalue weighted by atomic mass is 32.2. The maximum absolute atomic E-state index is 10.9. The molecule has 0 unspecified atom stereocenters. The number of rotatable bonds is 4. The van der Waals surface area contributed by atoms with Crippen molar-refractivity contribution in [2.45, 2.75) is 0 Å². The van der Waals surface area contributed by atoms with E-state index in [-0.39, 0.29) is 5.91 Å². The van der Waals surface area contributed by atoms with Crippen molar-refractivity contribution in [2.24, 2.45) is 0 Å². The molecule has 2 nitrogen and oxygen atoms in total. The summed E-state index contributed by atoms with van der Waals surface area (Å²) < 4.78 is 0. The van der Waals surface area contributed by atoms with Crippen LogP contribution in [-0.4, -0.2) is 13.0 Å². The monoisotopic (exact) mass is 169 g/mol. The van der Waals surface area contributed by atoms with Gasteiger partial charge in [0.15, 0.2) is 0 Å². The standard InChI is InChI=1S/C8H11NOS/c1-5-6(2)11-7(3)8(10)9-4/h5H,1-3H2,4H3,(H,9,10). The molecule has 0 fully saturated rings. The number of carbonyl (C=O) groups excluding carboxylic acids is 1. The molecular weight excluding hydrogens is 158 g/mol. The predicted molar refractivity (Wildman–Crippen MR) is 50.1 cm³/mol. The molecule has 1 N–H and O–H groups in total. The maximum atomic E-state index is 10.9. The number of carbonyl (C=O) groups is 1. The van der Waals surface area contributed by atoms with Gasteiger partial charge in [-0.2, -0.15) is 0 Å². The van der Waals surface area contributed by atoms with E-state index in [4.69, 9.17) is 0 Å². The molecule has 0 saturated carbocycles. The van der Waals surface area contributed by atoms with Crippen LogP contribution < -0.4 is 5.32 Å². The molecule has 11 heavy (non-hydrogen) atoms. The van der Waals surface area contributed by atoms with E-state index in [1.54, 1.807) is 13.1 Å². The third-order valence-corrected chi connectivity index (χ3v) is 1.82. The number of thioether (sulfide) groups is 1. The smallest absolute Gasteiger partial charge is 0.257 e. The van der Waals surface area contributed by atoms with Gasteiger partial charge in [0.2, 0.25) is 0 Å². The third kappa shape index (κ3) is 3.68. The first kappa shape index (κ1) is 10.0. The van der Waals surface area contributed by atoms with E-state index in [9.17, 15) is 4.79 Å². The van der Waals surface area contributed by atoms with Gasteiger partial charge in [0.1, 0.15) is 0 Å². The second-order valence-corrected chi connectivity index (χ2v) is 3.00. The SMILES string of the molecule is C=CC(=C)SC(=C)C(=O)NC. The van der Waals surface area contributed by atoms with Gasteiger partial charge in [0, 0.05) is 12.0 Å². The Morgan fingerprint density at radius 1 is 1.55 bits per heavy atom. The minimum Gasteiger partial charge on any atom is -0.355 e. The zero-order chi connectivity index (χ0) is 8.85. The van der Waals surface area contributed by atoms with Gasteiger partial charge in [-0.15, -0.1) is 0 Å². The fourth-order valence-corrected chi connectivity index (χ4v) is 0.980. The van der Waals surface area contributed by atoms with Gasteiger partial charge in [-0.1, -0.05) is 37.6 Å². The molecule has 0 aliphatic carbocycles. The molecule has 0 aliphatic heterocycles. The highest BCUT2D eigenvalue weighted by molar-refractivity contribution is 8.07. The average Bonchev–Trinajstić information content (AvgIpc) is 2.02. The normalized spacial score (nSPS) is 8.45. The second kappa shape index (κ2) is 4.79. The highest BCUT2D eigenvalue weighted by Gasteiger charge is 2.04. The summed E-state index contributed by atoms with van der Waals surface area (Å²) in [6.45, 7) is 10.7. The Labute approximate surface area is 71.1 Å². The van der Waals surface area contributed by atoms with Crippen molar-refractivity contribution < 1.29 is 4.79 Å². The van der Waals surface area contributed by atoms with Gasteiger partial charge in [-0.25, -0.2) is 0 Å². The number of likely N-dealkylation sites (N-methyl/N-ethyl adjacent to an activating group) is 1. The maximum Gasteiger partial charge on any atom is 0.257 e. The van der Waals surface area contributed by atoms with E-state index in [2.05, 4.69) is 25.1 Å². The number of allylic oxidation sites excluding steroid dienone is 1. The van der Waals surface area contributed by atoms with Gasteiger partial charge in [-0.3, -0.25) is 4.79 Å². The molecule has 0 aliphatic rings. The summed E-state index contributed by atoms with van der Waals surface area (Å²) >= 11 is 1.21. The number of nitrogens with one attached hydrogen (secondary N) is 1. The molecule has 0 bridgehead atoms. The Kier molecular flexibility index (Phi) is 4.38. The Bertz CT molecular complexity index is 208. The van der Waals surface area contributed by atoms with Gasteiger partial charge in [0.05, 0.1) is 4.91 Å². The van der Waals surface area contributed by atoms with Crippen LogP contribution in [-0.2, 0) is 4.79 Å². The first-order valence-corrected chi connectivity index (χ1v) is 3.83. The summed E-state index contributed by atoms with van der Waals surface area (Å²) in [6.07, 6.45) is 1.58. The van der Waals surface area contributed by atoms with E-state index in [1.165, 1.54) is 11.8 Å². The number of hydrogen-bond donors (Lipinski definition) is 1. The lowest BCUT2D eigenvalue weighted by atomic mass is 10.6. The lowest BCUT2D eigenvalue weighted by molar-refractivity contribution is -0.116. The van der Waals surface area contributed by atoms with Crippen molar-refractivity contribution in [2.75, 3.05) is 7.05 Å². The molecular formula is C8H11NOS. The zero-order valence-corrected chi connectivity index (χ0v) is 7.33. The zero-order valence-electron chi connectivity index (χ0n) is 6.52. The lowest BCUT2D eigenvalue weighted by Gasteiger charge is -2.01. The molecule has 0 radical (unpaired) electrons. The van der Waals surface area contributed by atoms with E-state index < -0.39 is 0 Å². The first-order valence-electron chi connectivity index (χ1n) is 3.02. The van der Waals surface area contributed by atoms with E-state index in [0.29, 0.717) is 4.91 Å². The molecule has 0 rings (SSSR count). The van der Waals surface area contributed by atoms with Crippen molar-refractivity contribution in [3.8, 4) is 0 Å². The molecule has 0 aromatic heterocycles. The minimum atomic E-state index is -0.182. The van der Waals surface area contributed by atoms with Gasteiger partial charge >= 0.3 is 0 Å². The summed E-state index contributed by atoms with van der Waals surface area (Å²) in [5.74, 6) is -0.182. The van der Waals surface area contributed by atoms with Crippen LogP contribution in [0.25, 0.3) is 0 Å². The van der Waals surface area contributed by atoms with Crippen molar-refractivity contribution in [3.05, 3.63) is 35.6 Å². The van der Waals surface area contributed by atoms with Crippen molar-refractivity contribution in [1.82, 2.24) is 5.32 Å². The summed E-state index contributed by atoms with van der Waals surface area (Å²) in [7, 11) is 1.56. The molecule has 0 aromatic carbocycles. The van der Waals surface area contributed by atoms with Crippen molar-refractivity contribution in [1.29, 1.82) is 0 Å². The first-order chi connectivity index (χ1) is 5.11. The van der Waals surface area contributed by atoms with Gasteiger partial charge < -0.3 is 5.32 Å². The largest absolute Gasteiger partial charge is 0.355 e. The van der Waals surface area contributed by atoms with Crippen LogP contribution >= 0.6 is 11.8 Å². The highest BCUT2D eigenvalue weighted by Crippen LogP contribution is 2.22. The topological polar surface area (TPSA) is 29.1 Å². The fraction of sp³-hybridized carbons (Fsp3) is 0.125. The molecule has 0 heterocycles. The van der Waals surface area contributed by atoms with Gasteiger partial charge in [-0.05, 0) is 0 Å². The quantitative estimate of drug-likeness (QED) is 0.512. The summed E-state index contributed by atoms with van der Waals surface area (Å²) in [4.78, 5) is 12.0. The number of hydrogen-bond acceptors (Lipinski definition) is 2. The summed E-state index contributed by atoms with van der Waals surface area (Å²) in [6, 6.07) is 0. The molecule has 0 aromatic rings. The number of amides is 1. The lowest BCUT2D eigenvalue weighted by Crippen LogP contribution is -2.17. The van der Waals surface area contributed by atoms with Gasteiger partial charge in [0.25, 0.3) is 5.91 Å². The molecule has 60 valence electrons.